The molecule has 2 aliphatic heterocycles. The third-order valence-corrected chi connectivity index (χ3v) is 5.95. The molecule has 2 saturated heterocycles. The largest absolute Gasteiger partial charge is 0.461 e. The summed E-state index contributed by atoms with van der Waals surface area (Å²) >= 11 is 0. The SMILES string of the molecule is Cn1c(OC2CC3CCC(C2)N3c2ccccc2)nc(-c2ccncn2)cc1=O. The smallest absolute Gasteiger partial charge is 0.299 e. The average Bonchev–Trinajstić information content (AvgIpc) is 3.03. The third kappa shape index (κ3) is 3.37. The van der Waals surface area contributed by atoms with Crippen LogP contribution in [0, 0.1) is 0 Å². The predicted octanol–water partition coefficient (Wildman–Crippen LogP) is 2.82. The minimum Gasteiger partial charge on any atom is -0.461 e. The molecule has 0 radical (unpaired) electrons. The van der Waals surface area contributed by atoms with Gasteiger partial charge in [-0.25, -0.2) is 9.97 Å². The number of piperidine rings is 1. The van der Waals surface area contributed by atoms with Crippen molar-refractivity contribution >= 4 is 5.69 Å². The molecule has 2 aliphatic rings. The van der Waals surface area contributed by atoms with Gasteiger partial charge < -0.3 is 9.64 Å². The van der Waals surface area contributed by atoms with E-state index < -0.39 is 0 Å². The molecule has 7 heteroatoms. The molecule has 0 spiro atoms. The molecule has 0 aliphatic carbocycles. The molecule has 2 unspecified atom stereocenters. The second kappa shape index (κ2) is 7.31. The standard InChI is InChI=1S/C22H23N5O2/c1-26-21(28)13-20(19-9-10-23-14-24-19)25-22(26)29-18-11-16-7-8-17(12-18)27(16)15-5-3-2-4-6-15/h2-6,9-10,13-14,16-18H,7-8,11-12H2,1H3. The van der Waals surface area contributed by atoms with Gasteiger partial charge in [0.25, 0.3) is 11.6 Å². The molecule has 2 bridgehead atoms. The first-order chi connectivity index (χ1) is 14.2. The van der Waals surface area contributed by atoms with Crippen LogP contribution in [0.3, 0.4) is 0 Å². The van der Waals surface area contributed by atoms with Crippen LogP contribution in [0.2, 0.25) is 0 Å². The van der Waals surface area contributed by atoms with Crippen LogP contribution in [0.15, 0.2) is 59.8 Å². The van der Waals surface area contributed by atoms with Crippen molar-refractivity contribution in [1.29, 1.82) is 0 Å². The maximum Gasteiger partial charge on any atom is 0.299 e. The molecule has 0 N–H and O–H groups in total. The zero-order valence-corrected chi connectivity index (χ0v) is 16.3. The average molecular weight is 389 g/mol. The van der Waals surface area contributed by atoms with Crippen LogP contribution in [0.4, 0.5) is 5.69 Å². The summed E-state index contributed by atoms with van der Waals surface area (Å²) in [5.41, 5.74) is 2.25. The summed E-state index contributed by atoms with van der Waals surface area (Å²) < 4.78 is 7.74. The minimum absolute atomic E-state index is 0.0474. The van der Waals surface area contributed by atoms with E-state index in [9.17, 15) is 4.79 Å². The maximum atomic E-state index is 12.4. The van der Waals surface area contributed by atoms with Crippen LogP contribution < -0.4 is 15.2 Å². The highest BCUT2D eigenvalue weighted by atomic mass is 16.5. The summed E-state index contributed by atoms with van der Waals surface area (Å²) in [4.78, 5) is 27.7. The second-order valence-electron chi connectivity index (χ2n) is 7.75. The summed E-state index contributed by atoms with van der Waals surface area (Å²) in [6.07, 6.45) is 7.34. The Morgan fingerprint density at radius 2 is 1.79 bits per heavy atom. The molecule has 148 valence electrons. The highest BCUT2D eigenvalue weighted by Crippen LogP contribution is 2.40. The molecule has 3 aromatic rings. The fourth-order valence-electron chi connectivity index (χ4n) is 4.59. The number of aromatic nitrogens is 4. The molecule has 1 aromatic carbocycles. The van der Waals surface area contributed by atoms with E-state index in [0.29, 0.717) is 29.5 Å². The van der Waals surface area contributed by atoms with Crippen LogP contribution in [0.25, 0.3) is 11.4 Å². The Hall–Kier alpha value is -3.22. The molecular weight excluding hydrogens is 366 g/mol. The zero-order chi connectivity index (χ0) is 19.8. The van der Waals surface area contributed by atoms with Crippen molar-refractivity contribution in [3.8, 4) is 17.4 Å². The number of benzene rings is 1. The first-order valence-electron chi connectivity index (χ1n) is 10.0. The normalized spacial score (nSPS) is 23.2. The third-order valence-electron chi connectivity index (χ3n) is 5.95. The van der Waals surface area contributed by atoms with Crippen molar-refractivity contribution in [3.63, 3.8) is 0 Å². The van der Waals surface area contributed by atoms with Crippen LogP contribution in [-0.4, -0.2) is 37.7 Å². The van der Waals surface area contributed by atoms with E-state index in [0.717, 1.165) is 12.8 Å². The number of hydrogen-bond acceptors (Lipinski definition) is 6. The van der Waals surface area contributed by atoms with E-state index in [1.165, 1.54) is 35.5 Å². The first-order valence-corrected chi connectivity index (χ1v) is 10.0. The lowest BCUT2D eigenvalue weighted by Gasteiger charge is -2.40. The minimum atomic E-state index is -0.159. The van der Waals surface area contributed by atoms with E-state index in [2.05, 4.69) is 50.2 Å². The number of anilines is 1. The molecule has 2 atom stereocenters. The Kier molecular flexibility index (Phi) is 4.50. The molecule has 4 heterocycles. The van der Waals surface area contributed by atoms with Gasteiger partial charge >= 0.3 is 0 Å². The van der Waals surface area contributed by atoms with Crippen molar-refractivity contribution in [1.82, 2.24) is 19.5 Å². The van der Waals surface area contributed by atoms with Gasteiger partial charge in [-0.1, -0.05) is 18.2 Å². The highest BCUT2D eigenvalue weighted by Gasteiger charge is 2.42. The van der Waals surface area contributed by atoms with Gasteiger partial charge in [0.1, 0.15) is 12.4 Å². The maximum absolute atomic E-state index is 12.4. The molecular formula is C22H23N5O2. The fourth-order valence-corrected chi connectivity index (χ4v) is 4.59. The lowest BCUT2D eigenvalue weighted by atomic mass is 9.99. The highest BCUT2D eigenvalue weighted by molar-refractivity contribution is 5.53. The number of para-hydroxylation sites is 1. The molecule has 2 fully saturated rings. The van der Waals surface area contributed by atoms with Crippen LogP contribution in [0.1, 0.15) is 25.7 Å². The van der Waals surface area contributed by atoms with Crippen molar-refractivity contribution in [2.75, 3.05) is 4.90 Å². The van der Waals surface area contributed by atoms with Gasteiger partial charge in [0.05, 0.1) is 11.4 Å². The number of hydrogen-bond donors (Lipinski definition) is 0. The van der Waals surface area contributed by atoms with Gasteiger partial charge in [0.2, 0.25) is 0 Å². The van der Waals surface area contributed by atoms with E-state index in [1.54, 1.807) is 19.3 Å². The van der Waals surface area contributed by atoms with Gasteiger partial charge in [-0.05, 0) is 31.0 Å². The van der Waals surface area contributed by atoms with Crippen LogP contribution in [-0.2, 0) is 7.05 Å². The Morgan fingerprint density at radius 1 is 1.03 bits per heavy atom. The summed E-state index contributed by atoms with van der Waals surface area (Å²) in [5, 5.41) is 0. The number of rotatable bonds is 4. The van der Waals surface area contributed by atoms with Gasteiger partial charge in [0, 0.05) is 49.9 Å². The fraction of sp³-hybridized carbons (Fsp3) is 0.364. The first kappa shape index (κ1) is 17.8. The number of nitrogens with zero attached hydrogens (tertiary/aromatic N) is 5. The molecule has 29 heavy (non-hydrogen) atoms. The molecule has 0 saturated carbocycles. The zero-order valence-electron chi connectivity index (χ0n) is 16.3. The van der Waals surface area contributed by atoms with Gasteiger partial charge in [0.15, 0.2) is 0 Å². The Morgan fingerprint density at radius 3 is 2.48 bits per heavy atom. The quantitative estimate of drug-likeness (QED) is 0.683. The number of fused-ring (bicyclic) bond motifs is 2. The predicted molar refractivity (Wildman–Crippen MR) is 110 cm³/mol. The van der Waals surface area contributed by atoms with Crippen molar-refractivity contribution in [3.05, 3.63) is 65.3 Å². The van der Waals surface area contributed by atoms with Crippen LogP contribution in [0.5, 0.6) is 6.01 Å². The van der Waals surface area contributed by atoms with Crippen molar-refractivity contribution in [2.24, 2.45) is 7.05 Å². The monoisotopic (exact) mass is 389 g/mol. The molecule has 5 rings (SSSR count). The number of ether oxygens (including phenoxy) is 1. The summed E-state index contributed by atoms with van der Waals surface area (Å²) in [6, 6.07) is 15.1. The van der Waals surface area contributed by atoms with E-state index in [1.807, 2.05) is 0 Å². The summed E-state index contributed by atoms with van der Waals surface area (Å²) in [6.45, 7) is 0. The van der Waals surface area contributed by atoms with E-state index in [-0.39, 0.29) is 11.7 Å². The Balaban J connectivity index is 1.38. The van der Waals surface area contributed by atoms with Gasteiger partial charge in [-0.15, -0.1) is 0 Å². The topological polar surface area (TPSA) is 73.1 Å². The van der Waals surface area contributed by atoms with E-state index in [4.69, 9.17) is 4.74 Å². The van der Waals surface area contributed by atoms with Crippen LogP contribution >= 0.6 is 0 Å². The Labute approximate surface area is 169 Å². The summed E-state index contributed by atoms with van der Waals surface area (Å²) in [5.74, 6) is 0. The second-order valence-corrected chi connectivity index (χ2v) is 7.75. The van der Waals surface area contributed by atoms with E-state index >= 15 is 0 Å². The molecule has 0 amide bonds. The van der Waals surface area contributed by atoms with Gasteiger partial charge in [-0.3, -0.25) is 9.36 Å². The lowest BCUT2D eigenvalue weighted by Crippen LogP contribution is -2.46. The van der Waals surface area contributed by atoms with Crippen molar-refractivity contribution < 1.29 is 4.74 Å². The molecule has 7 nitrogen and oxygen atoms in total. The lowest BCUT2D eigenvalue weighted by molar-refractivity contribution is 0.131. The van der Waals surface area contributed by atoms with Crippen molar-refractivity contribution in [2.45, 2.75) is 43.9 Å². The summed E-state index contributed by atoms with van der Waals surface area (Å²) in [7, 11) is 1.70. The Bertz CT molecular complexity index is 1040. The van der Waals surface area contributed by atoms with Gasteiger partial charge in [-0.2, -0.15) is 4.98 Å². The molecule has 2 aromatic heterocycles.